The minimum Gasteiger partial charge on any atom is -0.481 e. The van der Waals surface area contributed by atoms with Crippen LogP contribution in [0.1, 0.15) is 18.4 Å². The first-order chi connectivity index (χ1) is 7.29. The summed E-state index contributed by atoms with van der Waals surface area (Å²) in [5.74, 6) is 1.18. The molecular weight excluding hydrogens is 192 g/mol. The molecule has 2 N–H and O–H groups in total. The van der Waals surface area contributed by atoms with Crippen molar-refractivity contribution in [2.45, 2.75) is 12.8 Å². The van der Waals surface area contributed by atoms with Crippen molar-refractivity contribution in [2.75, 3.05) is 7.11 Å². The largest absolute Gasteiger partial charge is 0.481 e. The smallest absolute Gasteiger partial charge is 0.212 e. The van der Waals surface area contributed by atoms with Gasteiger partial charge in [0.15, 0.2) is 0 Å². The van der Waals surface area contributed by atoms with Crippen LogP contribution in [0, 0.1) is 0 Å². The molecule has 0 atom stereocenters. The van der Waals surface area contributed by atoms with Gasteiger partial charge >= 0.3 is 0 Å². The molecule has 2 heterocycles. The predicted octanol–water partition coefficient (Wildman–Crippen LogP) is 0.945. The molecule has 0 amide bonds. The average Bonchev–Trinajstić information content (AvgIpc) is 2.30. The molecule has 1 aromatic heterocycles. The second kappa shape index (κ2) is 4.08. The average molecular weight is 204 g/mol. The monoisotopic (exact) mass is 204 g/mol. The number of nitrogens with two attached hydrogens (primary N) is 1. The van der Waals surface area contributed by atoms with Crippen LogP contribution in [0.4, 0.5) is 0 Å². The fraction of sp³-hybridized carbons (Fsp3) is 0.300. The fourth-order valence-electron chi connectivity index (χ4n) is 1.34. The van der Waals surface area contributed by atoms with Crippen LogP contribution in [0.25, 0.3) is 0 Å². The van der Waals surface area contributed by atoms with Gasteiger partial charge in [0, 0.05) is 24.2 Å². The van der Waals surface area contributed by atoms with Gasteiger partial charge < -0.3 is 10.5 Å². The third-order valence-electron chi connectivity index (χ3n) is 2.20. The maximum Gasteiger partial charge on any atom is 0.212 e. The molecule has 0 unspecified atom stereocenters. The van der Waals surface area contributed by atoms with Gasteiger partial charge in [0.05, 0.1) is 12.8 Å². The molecule has 15 heavy (non-hydrogen) atoms. The number of hydrogen-bond acceptors (Lipinski definition) is 5. The molecule has 0 aromatic carbocycles. The Morgan fingerprint density at radius 1 is 1.27 bits per heavy atom. The van der Waals surface area contributed by atoms with Crippen LogP contribution in [-0.4, -0.2) is 23.6 Å². The summed E-state index contributed by atoms with van der Waals surface area (Å²) in [5.41, 5.74) is 7.41. The lowest BCUT2D eigenvalue weighted by atomic mass is 10.1. The summed E-state index contributed by atoms with van der Waals surface area (Å²) in [6.45, 7) is 0. The quantitative estimate of drug-likeness (QED) is 0.779. The lowest BCUT2D eigenvalue weighted by Crippen LogP contribution is -2.17. The van der Waals surface area contributed by atoms with Crippen LogP contribution in [-0.2, 0) is 0 Å². The number of ether oxygens (including phenoxy) is 1. The number of methoxy groups -OCH3 is 1. The molecule has 78 valence electrons. The van der Waals surface area contributed by atoms with Gasteiger partial charge in [-0.1, -0.05) is 0 Å². The van der Waals surface area contributed by atoms with Crippen molar-refractivity contribution in [3.8, 4) is 5.88 Å². The third kappa shape index (κ3) is 2.12. The van der Waals surface area contributed by atoms with Crippen LogP contribution in [0.3, 0.4) is 0 Å². The van der Waals surface area contributed by atoms with E-state index in [1.54, 1.807) is 19.4 Å². The molecule has 5 heteroatoms. The van der Waals surface area contributed by atoms with Crippen molar-refractivity contribution in [1.29, 1.82) is 0 Å². The second-order valence-electron chi connectivity index (χ2n) is 3.23. The zero-order chi connectivity index (χ0) is 10.7. The number of nitrogens with zero attached hydrogens (tertiary/aromatic N) is 3. The fourth-order valence-corrected chi connectivity index (χ4v) is 1.34. The van der Waals surface area contributed by atoms with Gasteiger partial charge in [0.2, 0.25) is 5.88 Å². The summed E-state index contributed by atoms with van der Waals surface area (Å²) in [6, 6.07) is 3.72. The van der Waals surface area contributed by atoms with E-state index in [2.05, 4.69) is 15.2 Å². The Hall–Kier alpha value is -1.91. The molecule has 0 radical (unpaired) electrons. The van der Waals surface area contributed by atoms with Crippen molar-refractivity contribution >= 4 is 11.5 Å². The highest BCUT2D eigenvalue weighted by Gasteiger charge is 2.09. The lowest BCUT2D eigenvalue weighted by Gasteiger charge is -2.09. The van der Waals surface area contributed by atoms with Gasteiger partial charge in [-0.25, -0.2) is 4.98 Å². The number of aromatic nitrogens is 1. The Balaban J connectivity index is 2.23. The Morgan fingerprint density at radius 2 is 2.13 bits per heavy atom. The predicted molar refractivity (Wildman–Crippen MR) is 58.2 cm³/mol. The van der Waals surface area contributed by atoms with E-state index in [9.17, 15) is 0 Å². The van der Waals surface area contributed by atoms with Crippen LogP contribution < -0.4 is 10.5 Å². The molecule has 0 spiro atoms. The molecular formula is C10H12N4O. The van der Waals surface area contributed by atoms with Gasteiger partial charge in [-0.3, -0.25) is 0 Å². The maximum atomic E-state index is 5.53. The summed E-state index contributed by atoms with van der Waals surface area (Å²) in [4.78, 5) is 4.11. The highest BCUT2D eigenvalue weighted by atomic mass is 16.5. The third-order valence-corrected chi connectivity index (χ3v) is 2.20. The molecule has 5 nitrogen and oxygen atoms in total. The van der Waals surface area contributed by atoms with E-state index >= 15 is 0 Å². The molecule has 1 aliphatic rings. The van der Waals surface area contributed by atoms with Crippen molar-refractivity contribution in [2.24, 2.45) is 15.9 Å². The topological polar surface area (TPSA) is 72.9 Å². The zero-order valence-corrected chi connectivity index (χ0v) is 8.47. The highest BCUT2D eigenvalue weighted by Crippen LogP contribution is 2.13. The van der Waals surface area contributed by atoms with E-state index in [-0.39, 0.29) is 0 Å². The lowest BCUT2D eigenvalue weighted by molar-refractivity contribution is 0.398. The van der Waals surface area contributed by atoms with Crippen LogP contribution in [0.5, 0.6) is 5.88 Å². The van der Waals surface area contributed by atoms with E-state index in [4.69, 9.17) is 10.5 Å². The molecule has 1 aliphatic heterocycles. The summed E-state index contributed by atoms with van der Waals surface area (Å²) in [5, 5.41) is 7.89. The molecule has 0 fully saturated rings. The SMILES string of the molecule is COc1ccc(C2=NN=C(N)CC2)cn1. The Bertz CT molecular complexity index is 408. The maximum absolute atomic E-state index is 5.53. The number of rotatable bonds is 2. The van der Waals surface area contributed by atoms with E-state index in [1.807, 2.05) is 6.07 Å². The summed E-state index contributed by atoms with van der Waals surface area (Å²) >= 11 is 0. The Labute approximate surface area is 87.7 Å². The summed E-state index contributed by atoms with van der Waals surface area (Å²) in [7, 11) is 1.59. The minimum atomic E-state index is 0.584. The van der Waals surface area contributed by atoms with Crippen molar-refractivity contribution in [3.05, 3.63) is 23.9 Å². The zero-order valence-electron chi connectivity index (χ0n) is 8.47. The highest BCUT2D eigenvalue weighted by molar-refractivity contribution is 6.03. The molecule has 1 aromatic rings. The first-order valence-corrected chi connectivity index (χ1v) is 4.69. The molecule has 2 rings (SSSR count). The van der Waals surface area contributed by atoms with Gasteiger partial charge in [0.1, 0.15) is 5.84 Å². The standard InChI is InChI=1S/C10H12N4O/c1-15-10-5-2-7(6-12-10)8-3-4-9(11)14-13-8/h2,5-6H,3-4H2,1H3,(H2,11,14). The van der Waals surface area contributed by atoms with Crippen molar-refractivity contribution in [1.82, 2.24) is 4.98 Å². The van der Waals surface area contributed by atoms with Crippen molar-refractivity contribution < 1.29 is 4.74 Å². The number of pyridine rings is 1. The normalized spacial score (nSPS) is 15.5. The van der Waals surface area contributed by atoms with Gasteiger partial charge in [-0.05, 0) is 12.5 Å². The van der Waals surface area contributed by atoms with E-state index in [0.29, 0.717) is 11.7 Å². The molecule has 0 saturated heterocycles. The van der Waals surface area contributed by atoms with Crippen molar-refractivity contribution in [3.63, 3.8) is 0 Å². The Morgan fingerprint density at radius 3 is 2.67 bits per heavy atom. The Kier molecular flexibility index (Phi) is 2.62. The van der Waals surface area contributed by atoms with E-state index in [1.165, 1.54) is 0 Å². The van der Waals surface area contributed by atoms with Gasteiger partial charge in [-0.2, -0.15) is 5.10 Å². The second-order valence-corrected chi connectivity index (χ2v) is 3.23. The van der Waals surface area contributed by atoms with Gasteiger partial charge in [0.25, 0.3) is 0 Å². The summed E-state index contributed by atoms with van der Waals surface area (Å²) < 4.78 is 4.98. The molecule has 0 aliphatic carbocycles. The van der Waals surface area contributed by atoms with Crippen LogP contribution in [0.2, 0.25) is 0 Å². The van der Waals surface area contributed by atoms with Crippen LogP contribution in [0.15, 0.2) is 28.5 Å². The first-order valence-electron chi connectivity index (χ1n) is 4.69. The van der Waals surface area contributed by atoms with Gasteiger partial charge in [-0.15, -0.1) is 5.10 Å². The molecule has 0 bridgehead atoms. The number of amidine groups is 1. The summed E-state index contributed by atoms with van der Waals surface area (Å²) in [6.07, 6.45) is 3.29. The minimum absolute atomic E-state index is 0.584. The first kappa shape index (κ1) is 9.64. The number of hydrogen-bond donors (Lipinski definition) is 1. The van der Waals surface area contributed by atoms with E-state index < -0.39 is 0 Å². The van der Waals surface area contributed by atoms with E-state index in [0.717, 1.165) is 24.1 Å². The molecule has 0 saturated carbocycles. The van der Waals surface area contributed by atoms with Crippen LogP contribution >= 0.6 is 0 Å².